The number of thioether (sulfide) groups is 1. The van der Waals surface area contributed by atoms with E-state index >= 15 is 0 Å². The number of carbonyl (C=O) groups excluding carboxylic acids is 5. The van der Waals surface area contributed by atoms with Crippen LogP contribution in [0.25, 0.3) is 0 Å². The number of halogens is 1. The minimum Gasteiger partial charge on any atom is -0.461 e. The Morgan fingerprint density at radius 1 is 1.21 bits per heavy atom. The molecular weight excluding hydrogens is 528 g/mol. The van der Waals surface area contributed by atoms with E-state index < -0.39 is 45.9 Å². The molecule has 3 rings (SSSR count). The molecule has 0 saturated carbocycles. The van der Waals surface area contributed by atoms with E-state index in [2.05, 4.69) is 21.2 Å². The van der Waals surface area contributed by atoms with Gasteiger partial charge in [-0.25, -0.2) is 4.79 Å². The summed E-state index contributed by atoms with van der Waals surface area (Å²) in [5.74, 6) is -4.22. The minimum absolute atomic E-state index is 0.00702. The number of Topliss-reactive ketones (excluding diaryl/α,β-unsaturated/α-hetero) is 1. The molecule has 2 fully saturated rings. The summed E-state index contributed by atoms with van der Waals surface area (Å²) >= 11 is 4.15. The quantitative estimate of drug-likeness (QED) is 0.212. The molecule has 2 heterocycles. The van der Waals surface area contributed by atoms with Gasteiger partial charge in [-0.2, -0.15) is 0 Å². The number of ketones is 1. The van der Waals surface area contributed by atoms with Crippen LogP contribution < -0.4 is 5.32 Å². The first-order valence-corrected chi connectivity index (χ1v) is 13.0. The zero-order valence-electron chi connectivity index (χ0n) is 19.1. The van der Waals surface area contributed by atoms with E-state index in [1.807, 2.05) is 44.2 Å². The Kier molecular flexibility index (Phi) is 8.40. The molecular formula is C23H27BrN2O7S. The topological polar surface area (TPSA) is 119 Å². The molecule has 184 valence electrons. The Labute approximate surface area is 210 Å². The van der Waals surface area contributed by atoms with Gasteiger partial charge in [0.05, 0.1) is 29.6 Å². The average Bonchev–Trinajstić information content (AvgIpc) is 2.80. The first-order chi connectivity index (χ1) is 16.1. The van der Waals surface area contributed by atoms with Crippen LogP contribution in [-0.2, 0) is 39.9 Å². The number of ether oxygens (including phenoxy) is 2. The van der Waals surface area contributed by atoms with E-state index in [0.717, 1.165) is 10.5 Å². The molecule has 4 atom stereocenters. The predicted molar refractivity (Wildman–Crippen MR) is 128 cm³/mol. The van der Waals surface area contributed by atoms with Crippen LogP contribution in [0, 0.1) is 11.8 Å². The van der Waals surface area contributed by atoms with Crippen molar-refractivity contribution in [1.29, 1.82) is 0 Å². The third-order valence-corrected chi connectivity index (χ3v) is 7.36. The van der Waals surface area contributed by atoms with Crippen LogP contribution in [0.5, 0.6) is 0 Å². The van der Waals surface area contributed by atoms with Crippen molar-refractivity contribution in [3.8, 4) is 0 Å². The summed E-state index contributed by atoms with van der Waals surface area (Å²) in [6.45, 7) is 5.25. The van der Waals surface area contributed by atoms with Gasteiger partial charge in [0, 0.05) is 6.54 Å². The van der Waals surface area contributed by atoms with Gasteiger partial charge in [-0.15, -0.1) is 11.8 Å². The fourth-order valence-electron chi connectivity index (χ4n) is 3.81. The van der Waals surface area contributed by atoms with Crippen molar-refractivity contribution in [3.63, 3.8) is 0 Å². The number of benzene rings is 1. The molecule has 0 unspecified atom stereocenters. The molecule has 11 heteroatoms. The summed E-state index contributed by atoms with van der Waals surface area (Å²) in [5.41, 5.74) is -1.64. The predicted octanol–water partition coefficient (Wildman–Crippen LogP) is 1.67. The van der Waals surface area contributed by atoms with Crippen LogP contribution in [-0.4, -0.2) is 69.3 Å². The number of β-lactam (4-membered cyclic amide) rings is 1. The number of carbonyl (C=O) groups is 5. The number of hydrogen-bond donors (Lipinski definition) is 1. The van der Waals surface area contributed by atoms with Gasteiger partial charge >= 0.3 is 17.7 Å². The zero-order chi connectivity index (χ0) is 25.0. The van der Waals surface area contributed by atoms with E-state index in [9.17, 15) is 24.0 Å². The lowest BCUT2D eigenvalue weighted by atomic mass is 9.90. The number of nitrogens with one attached hydrogen (secondary N) is 1. The first kappa shape index (κ1) is 26.2. The molecule has 1 aromatic carbocycles. The smallest absolute Gasteiger partial charge is 0.381 e. The second kappa shape index (κ2) is 10.9. The highest BCUT2D eigenvalue weighted by Crippen LogP contribution is 2.49. The maximum absolute atomic E-state index is 13.2. The Morgan fingerprint density at radius 2 is 1.88 bits per heavy atom. The summed E-state index contributed by atoms with van der Waals surface area (Å²) in [4.78, 5) is 65.1. The summed E-state index contributed by atoms with van der Waals surface area (Å²) in [7, 11) is 0. The van der Waals surface area contributed by atoms with Gasteiger partial charge in [-0.3, -0.25) is 24.1 Å². The Hall–Kier alpha value is -2.40. The SMILES string of the molecule is CC(C)COC(=O)[C@]1(OC(=O)CBr)C(=O)[C@@H](C)S[C@@H]2[C@H](CNC(=O)Cc3ccccc3)C(=O)N21. The maximum atomic E-state index is 13.2. The van der Waals surface area contributed by atoms with Gasteiger partial charge < -0.3 is 14.8 Å². The number of rotatable bonds is 9. The second-order valence-electron chi connectivity index (χ2n) is 8.56. The van der Waals surface area contributed by atoms with E-state index in [4.69, 9.17) is 9.47 Å². The van der Waals surface area contributed by atoms with Gasteiger partial charge in [-0.05, 0) is 18.4 Å². The highest BCUT2D eigenvalue weighted by molar-refractivity contribution is 9.09. The second-order valence-corrected chi connectivity index (χ2v) is 10.6. The van der Waals surface area contributed by atoms with Crippen LogP contribution in [0.4, 0.5) is 0 Å². The van der Waals surface area contributed by atoms with Crippen LogP contribution in [0.2, 0.25) is 0 Å². The number of nitrogens with zero attached hydrogens (tertiary/aromatic N) is 1. The van der Waals surface area contributed by atoms with E-state index in [1.54, 1.807) is 6.92 Å². The summed E-state index contributed by atoms with van der Waals surface area (Å²) < 4.78 is 10.6. The minimum atomic E-state index is -2.48. The molecule has 2 aliphatic rings. The number of alkyl halides is 1. The summed E-state index contributed by atoms with van der Waals surface area (Å²) in [6.07, 6.45) is 0.159. The molecule has 34 heavy (non-hydrogen) atoms. The molecule has 0 spiro atoms. The lowest BCUT2D eigenvalue weighted by Crippen LogP contribution is -2.80. The van der Waals surface area contributed by atoms with Crippen molar-refractivity contribution in [3.05, 3.63) is 35.9 Å². The highest BCUT2D eigenvalue weighted by Gasteiger charge is 2.71. The van der Waals surface area contributed by atoms with Crippen molar-refractivity contribution in [2.24, 2.45) is 11.8 Å². The van der Waals surface area contributed by atoms with Gasteiger partial charge in [0.2, 0.25) is 17.6 Å². The molecule has 1 N–H and O–H groups in total. The van der Waals surface area contributed by atoms with E-state index in [0.29, 0.717) is 0 Å². The van der Waals surface area contributed by atoms with E-state index in [1.165, 1.54) is 11.8 Å². The maximum Gasteiger partial charge on any atom is 0.381 e. The number of esters is 2. The van der Waals surface area contributed by atoms with Crippen molar-refractivity contribution < 1.29 is 33.4 Å². The van der Waals surface area contributed by atoms with Crippen LogP contribution in [0.3, 0.4) is 0 Å². The van der Waals surface area contributed by atoms with Crippen molar-refractivity contribution in [1.82, 2.24) is 10.2 Å². The Balaban J connectivity index is 1.79. The van der Waals surface area contributed by atoms with Gasteiger partial charge in [0.25, 0.3) is 0 Å². The summed E-state index contributed by atoms with van der Waals surface area (Å²) in [6, 6.07) is 9.18. The number of amides is 2. The van der Waals surface area contributed by atoms with Crippen molar-refractivity contribution >= 4 is 57.2 Å². The van der Waals surface area contributed by atoms with Crippen LogP contribution in [0.1, 0.15) is 26.3 Å². The Morgan fingerprint density at radius 3 is 2.50 bits per heavy atom. The van der Waals surface area contributed by atoms with Crippen molar-refractivity contribution in [2.45, 2.75) is 43.5 Å². The van der Waals surface area contributed by atoms with Crippen LogP contribution in [0.15, 0.2) is 30.3 Å². The molecule has 0 aromatic heterocycles. The van der Waals surface area contributed by atoms with Crippen LogP contribution >= 0.6 is 27.7 Å². The molecule has 2 saturated heterocycles. The molecule has 2 amide bonds. The monoisotopic (exact) mass is 554 g/mol. The fourth-order valence-corrected chi connectivity index (χ4v) is 5.40. The van der Waals surface area contributed by atoms with E-state index in [-0.39, 0.29) is 36.7 Å². The number of fused-ring (bicyclic) bond motifs is 1. The molecule has 9 nitrogen and oxygen atoms in total. The molecule has 1 aromatic rings. The summed E-state index contributed by atoms with van der Waals surface area (Å²) in [5, 5.41) is 1.09. The standard InChI is InChI=1S/C23H27BrN2O7S/c1-13(2)12-32-22(31)23(33-18(28)10-24)19(29)14(3)34-21-16(20(30)26(21)23)11-25-17(27)9-15-7-5-4-6-8-15/h4-8,13-14,16,21H,9-12H2,1-3H3,(H,25,27)/t14-,16-,21-,23-/m1/s1. The average molecular weight is 555 g/mol. The third kappa shape index (κ3) is 5.14. The van der Waals surface area contributed by atoms with Gasteiger partial charge in [-0.1, -0.05) is 60.1 Å². The molecule has 2 aliphatic heterocycles. The lowest BCUT2D eigenvalue weighted by Gasteiger charge is -2.56. The lowest BCUT2D eigenvalue weighted by molar-refractivity contribution is -0.223. The van der Waals surface area contributed by atoms with Crippen molar-refractivity contribution in [2.75, 3.05) is 18.5 Å². The largest absolute Gasteiger partial charge is 0.461 e. The zero-order valence-corrected chi connectivity index (χ0v) is 21.5. The van der Waals surface area contributed by atoms with Gasteiger partial charge in [0.15, 0.2) is 0 Å². The highest BCUT2D eigenvalue weighted by atomic mass is 79.9. The fraction of sp³-hybridized carbons (Fsp3) is 0.522. The molecule has 0 radical (unpaired) electrons. The normalized spacial score (nSPS) is 25.9. The molecule has 0 bridgehead atoms. The van der Waals surface area contributed by atoms with Gasteiger partial charge in [0.1, 0.15) is 5.33 Å². The number of hydrogen-bond acceptors (Lipinski definition) is 8. The molecule has 0 aliphatic carbocycles. The Bertz CT molecular complexity index is 973. The third-order valence-electron chi connectivity index (χ3n) is 5.46. The first-order valence-electron chi connectivity index (χ1n) is 10.9.